The summed E-state index contributed by atoms with van der Waals surface area (Å²) in [5.74, 6) is -2.78. The van der Waals surface area contributed by atoms with E-state index < -0.39 is 23.3 Å². The van der Waals surface area contributed by atoms with Gasteiger partial charge in [0.15, 0.2) is 0 Å². The molecule has 2 aliphatic rings. The normalized spacial score (nSPS) is 13.5. The first-order valence-electron chi connectivity index (χ1n) is 20.8. The third kappa shape index (κ3) is 10.8. The van der Waals surface area contributed by atoms with Gasteiger partial charge in [-0.15, -0.1) is 0 Å². The minimum Gasteiger partial charge on any atom is -0.397 e. The number of nitrogens with two attached hydrogens (primary N) is 1. The fourth-order valence-electron chi connectivity index (χ4n) is 7.56. The Balaban J connectivity index is 0.000000151. The molecule has 6 aromatic heterocycles. The van der Waals surface area contributed by atoms with Crippen LogP contribution in [0.1, 0.15) is 35.4 Å². The summed E-state index contributed by atoms with van der Waals surface area (Å²) in [7, 11) is 0. The van der Waals surface area contributed by atoms with Gasteiger partial charge in [-0.3, -0.25) is 19.9 Å². The quantitative estimate of drug-likeness (QED) is 0.155. The van der Waals surface area contributed by atoms with Crippen molar-refractivity contribution in [2.45, 2.75) is 26.7 Å². The summed E-state index contributed by atoms with van der Waals surface area (Å²) in [5, 5.41) is 3.96. The third-order valence-electron chi connectivity index (χ3n) is 10.8. The maximum atomic E-state index is 15.1. The largest absolute Gasteiger partial charge is 0.397 e. The summed E-state index contributed by atoms with van der Waals surface area (Å²) >= 11 is 13.0. The number of nitrogen functional groups attached to an aromatic ring is 1. The fourth-order valence-corrected chi connectivity index (χ4v) is 8.52. The van der Waals surface area contributed by atoms with Gasteiger partial charge in [-0.25, -0.2) is 27.5 Å². The Bertz CT molecular complexity index is 3200. The molecule has 17 heteroatoms. The van der Waals surface area contributed by atoms with E-state index in [2.05, 4.69) is 67.1 Å². The van der Waals surface area contributed by atoms with Gasteiger partial charge in [0.2, 0.25) is 0 Å². The number of hydrogen-bond donors (Lipinski definition) is 2. The SMILES string of the molecule is Cc1c(-c2ccccn2)nc2cc(F)cc(F)c2c1Cl.Cc1c(-c2ccccn2)nc2cc(F)cc(F)c2c1Nc1cc(Br)cnc1C1=CCOCC1.Nc1cc(Br)cnc1C1=CCOCC1. The van der Waals surface area contributed by atoms with Crippen molar-refractivity contribution in [3.8, 4) is 22.8 Å². The summed E-state index contributed by atoms with van der Waals surface area (Å²) in [4.78, 5) is 26.4. The third-order valence-corrected chi connectivity index (χ3v) is 12.1. The molecule has 8 aromatic rings. The second-order valence-electron chi connectivity index (χ2n) is 15.2. The minimum atomic E-state index is -0.715. The van der Waals surface area contributed by atoms with Gasteiger partial charge < -0.3 is 20.5 Å². The molecule has 8 heterocycles. The highest BCUT2D eigenvalue weighted by Gasteiger charge is 2.22. The van der Waals surface area contributed by atoms with E-state index in [9.17, 15) is 13.2 Å². The lowest BCUT2D eigenvalue weighted by molar-refractivity contribution is 0.161. The van der Waals surface area contributed by atoms with Gasteiger partial charge in [-0.1, -0.05) is 35.9 Å². The van der Waals surface area contributed by atoms with Crippen molar-refractivity contribution in [2.75, 3.05) is 37.5 Å². The molecule has 0 fully saturated rings. The summed E-state index contributed by atoms with van der Waals surface area (Å²) in [5.41, 5.74) is 15.6. The lowest BCUT2D eigenvalue weighted by Crippen LogP contribution is -2.08. The molecule has 340 valence electrons. The number of pyridine rings is 6. The van der Waals surface area contributed by atoms with Gasteiger partial charge in [0.25, 0.3) is 0 Å². The standard InChI is InChI=1S/C25H19BrF2N4O.C15H9ClF2N2.C10H11BrN2O/c1-14-23(19-4-2-3-7-29-19)31-20-12-17(27)11-18(28)22(20)24(14)32-21-10-16(26)13-30-25(21)15-5-8-33-9-6-15;1-8-14(16)13-10(18)6-9(17)7-12(13)20-15(8)11-4-2-3-5-19-11;11-8-5-9(12)10(13-6-8)7-1-3-14-4-2-7/h2-5,7,10-13H,6,8-9H2,1H3,(H,31,32);2-7H,1H3;1,5-6H,2-4,12H2. The summed E-state index contributed by atoms with van der Waals surface area (Å²) in [6, 6.07) is 18.7. The highest BCUT2D eigenvalue weighted by molar-refractivity contribution is 9.10. The molecule has 3 N–H and O–H groups in total. The molecule has 0 unspecified atom stereocenters. The zero-order valence-electron chi connectivity index (χ0n) is 35.9. The number of nitrogens with one attached hydrogen (secondary N) is 1. The van der Waals surface area contributed by atoms with Crippen molar-refractivity contribution in [3.05, 3.63) is 169 Å². The van der Waals surface area contributed by atoms with E-state index in [1.807, 2.05) is 49.4 Å². The van der Waals surface area contributed by atoms with Crippen molar-refractivity contribution < 1.29 is 27.0 Å². The highest BCUT2D eigenvalue weighted by atomic mass is 79.9. The Hall–Kier alpha value is -6.17. The molecule has 2 aliphatic heterocycles. The Morgan fingerprint density at radius 1 is 0.627 bits per heavy atom. The lowest BCUT2D eigenvalue weighted by atomic mass is 10.0. The predicted octanol–water partition coefficient (Wildman–Crippen LogP) is 13.4. The van der Waals surface area contributed by atoms with Crippen LogP contribution in [0.15, 0.2) is 119 Å². The second-order valence-corrected chi connectivity index (χ2v) is 17.4. The molecule has 10 nitrogen and oxygen atoms in total. The number of ether oxygens (including phenoxy) is 2. The summed E-state index contributed by atoms with van der Waals surface area (Å²) in [6.45, 7) is 6.12. The van der Waals surface area contributed by atoms with E-state index >= 15 is 4.39 Å². The van der Waals surface area contributed by atoms with Crippen LogP contribution < -0.4 is 11.1 Å². The Kier molecular flexibility index (Phi) is 15.0. The van der Waals surface area contributed by atoms with Gasteiger partial charge >= 0.3 is 0 Å². The number of aromatic nitrogens is 6. The first-order chi connectivity index (χ1) is 32.4. The van der Waals surface area contributed by atoms with Gasteiger partial charge in [0.1, 0.15) is 23.3 Å². The molecule has 0 bridgehead atoms. The van der Waals surface area contributed by atoms with Gasteiger partial charge in [-0.05, 0) is 112 Å². The van der Waals surface area contributed by atoms with E-state index in [1.54, 1.807) is 49.9 Å². The number of halogens is 7. The van der Waals surface area contributed by atoms with Crippen molar-refractivity contribution in [1.29, 1.82) is 0 Å². The van der Waals surface area contributed by atoms with Crippen molar-refractivity contribution >= 4 is 93.5 Å². The van der Waals surface area contributed by atoms with E-state index in [-0.39, 0.29) is 26.8 Å². The second kappa shape index (κ2) is 21.2. The number of hydrogen-bond acceptors (Lipinski definition) is 10. The molecule has 2 aromatic carbocycles. The average Bonchev–Trinajstić information content (AvgIpc) is 3.32. The molecule has 0 saturated carbocycles. The summed E-state index contributed by atoms with van der Waals surface area (Å²) in [6.07, 6.45) is 12.4. The predicted molar refractivity (Wildman–Crippen MR) is 263 cm³/mol. The van der Waals surface area contributed by atoms with Crippen LogP contribution in [0, 0.1) is 37.1 Å². The van der Waals surface area contributed by atoms with Crippen LogP contribution in [0.2, 0.25) is 5.02 Å². The van der Waals surface area contributed by atoms with Gasteiger partial charge in [0.05, 0.1) is 104 Å². The molecule has 0 radical (unpaired) electrons. The molecular formula is C50H39Br2ClF4N8O2. The average molecular weight is 1060 g/mol. The summed E-state index contributed by atoms with van der Waals surface area (Å²) < 4.78 is 68.7. The minimum absolute atomic E-state index is 0.130. The molecule has 10 rings (SSSR count). The number of benzene rings is 2. The molecule has 0 amide bonds. The topological polar surface area (TPSA) is 134 Å². The van der Waals surface area contributed by atoms with Crippen LogP contribution in [-0.2, 0) is 9.47 Å². The molecule has 0 aliphatic carbocycles. The van der Waals surface area contributed by atoms with Crippen LogP contribution in [0.3, 0.4) is 0 Å². The van der Waals surface area contributed by atoms with Crippen LogP contribution in [0.4, 0.5) is 34.6 Å². The maximum absolute atomic E-state index is 15.1. The Morgan fingerprint density at radius 3 is 1.69 bits per heavy atom. The van der Waals surface area contributed by atoms with E-state index in [0.717, 1.165) is 63.6 Å². The van der Waals surface area contributed by atoms with E-state index in [4.69, 9.17) is 26.8 Å². The number of fused-ring (bicyclic) bond motifs is 2. The molecular weight excluding hydrogens is 1020 g/mol. The molecule has 0 spiro atoms. The highest BCUT2D eigenvalue weighted by Crippen LogP contribution is 2.39. The van der Waals surface area contributed by atoms with Crippen molar-refractivity contribution in [2.24, 2.45) is 0 Å². The molecule has 0 atom stereocenters. The van der Waals surface area contributed by atoms with Crippen molar-refractivity contribution in [3.63, 3.8) is 0 Å². The molecule has 0 saturated heterocycles. The maximum Gasteiger partial charge on any atom is 0.137 e. The number of rotatable bonds is 6. The van der Waals surface area contributed by atoms with Crippen LogP contribution in [0.5, 0.6) is 0 Å². The lowest BCUT2D eigenvalue weighted by Gasteiger charge is -2.20. The zero-order chi connectivity index (χ0) is 47.2. The first kappa shape index (κ1) is 47.3. The van der Waals surface area contributed by atoms with E-state index in [1.165, 1.54) is 11.6 Å². The smallest absolute Gasteiger partial charge is 0.137 e. The monoisotopic (exact) mass is 1050 g/mol. The van der Waals surface area contributed by atoms with Gasteiger partial charge in [-0.2, -0.15) is 0 Å². The number of nitrogens with zero attached hydrogens (tertiary/aromatic N) is 6. The fraction of sp³-hybridized carbons (Fsp3) is 0.160. The Morgan fingerprint density at radius 2 is 1.15 bits per heavy atom. The number of anilines is 3. The van der Waals surface area contributed by atoms with Crippen LogP contribution >= 0.6 is 43.5 Å². The Labute approximate surface area is 404 Å². The van der Waals surface area contributed by atoms with E-state index in [0.29, 0.717) is 70.8 Å². The van der Waals surface area contributed by atoms with Crippen LogP contribution in [-0.4, -0.2) is 56.3 Å². The zero-order valence-corrected chi connectivity index (χ0v) is 39.8. The molecule has 67 heavy (non-hydrogen) atoms. The van der Waals surface area contributed by atoms with Crippen molar-refractivity contribution in [1.82, 2.24) is 29.9 Å². The first-order valence-corrected chi connectivity index (χ1v) is 22.8. The van der Waals surface area contributed by atoms with Gasteiger partial charge in [0, 0.05) is 63.6 Å². The van der Waals surface area contributed by atoms with Crippen LogP contribution in [0.25, 0.3) is 55.7 Å².